The molecular formula is C39H50N2O13P2. The predicted octanol–water partition coefficient (Wildman–Crippen LogP) is 6.92. The molecule has 0 bridgehead atoms. The van der Waals surface area contributed by atoms with Crippen LogP contribution in [0.15, 0.2) is 72.8 Å². The van der Waals surface area contributed by atoms with Crippen molar-refractivity contribution >= 4 is 46.4 Å². The number of aromatic nitrogens is 1. The molecule has 0 aliphatic carbocycles. The van der Waals surface area contributed by atoms with Crippen molar-refractivity contribution in [3.8, 4) is 22.9 Å². The van der Waals surface area contributed by atoms with E-state index in [1.54, 1.807) is 55.5 Å². The van der Waals surface area contributed by atoms with Gasteiger partial charge < -0.3 is 47.2 Å². The van der Waals surface area contributed by atoms with Gasteiger partial charge >= 0.3 is 26.5 Å². The molecule has 0 saturated heterocycles. The summed E-state index contributed by atoms with van der Waals surface area (Å²) in [6.45, 7) is 7.02. The van der Waals surface area contributed by atoms with Crippen LogP contribution in [0.2, 0.25) is 0 Å². The smallest absolute Gasteiger partial charge is 0.359 e. The van der Waals surface area contributed by atoms with Gasteiger partial charge in [-0.3, -0.25) is 9.36 Å². The Morgan fingerprint density at radius 1 is 0.821 bits per heavy atom. The molecule has 4 aromatic rings. The van der Waals surface area contributed by atoms with Crippen molar-refractivity contribution in [3.63, 3.8) is 0 Å². The van der Waals surface area contributed by atoms with Crippen molar-refractivity contribution < 1.29 is 61.5 Å². The van der Waals surface area contributed by atoms with Gasteiger partial charge in [-0.2, -0.15) is 0 Å². The van der Waals surface area contributed by atoms with E-state index in [0.29, 0.717) is 23.2 Å². The standard InChI is InChI=1S/C34H35NO13P2.C3H9N.C2H6/c1-6-44-34(39)29-31(48-33(38)25-11-7-22(8-12-25)20-45-49(40)43-3)30(28(19-36)35(29)26-15-17-27(42-2)18-16-26)47-32(37)24-13-9-23(10-14-24)21-46-50(4,5)41;1-4(2)3;1-2/h7-19,40-41H,4,6,20-21H2,1-3,5H3;1-3H3;1-2H3. The van der Waals surface area contributed by atoms with E-state index in [1.165, 1.54) is 45.1 Å². The van der Waals surface area contributed by atoms with Crippen molar-refractivity contribution in [1.82, 2.24) is 9.47 Å². The third-order valence-electron chi connectivity index (χ3n) is 6.81. The Morgan fingerprint density at radius 2 is 1.30 bits per heavy atom. The molecule has 0 radical (unpaired) electrons. The largest absolute Gasteiger partial charge is 0.497 e. The van der Waals surface area contributed by atoms with Crippen LogP contribution in [-0.2, 0) is 31.5 Å². The van der Waals surface area contributed by atoms with E-state index in [-0.39, 0.29) is 42.3 Å². The molecule has 4 rings (SSSR count). The molecule has 15 nitrogen and oxygen atoms in total. The zero-order valence-electron chi connectivity index (χ0n) is 33.0. The van der Waals surface area contributed by atoms with Gasteiger partial charge in [-0.25, -0.2) is 14.4 Å². The maximum atomic E-state index is 13.5. The van der Waals surface area contributed by atoms with Crippen molar-refractivity contribution in [2.75, 3.05) is 48.6 Å². The van der Waals surface area contributed by atoms with Crippen LogP contribution >= 0.6 is 15.9 Å². The lowest BCUT2D eigenvalue weighted by atomic mass is 10.1. The van der Waals surface area contributed by atoms with E-state index in [0.717, 1.165) is 4.57 Å². The molecule has 56 heavy (non-hydrogen) atoms. The molecular weight excluding hydrogens is 766 g/mol. The maximum absolute atomic E-state index is 13.5. The Labute approximate surface area is 328 Å². The second-order valence-corrected chi connectivity index (χ2v) is 15.3. The van der Waals surface area contributed by atoms with Crippen LogP contribution < -0.4 is 14.2 Å². The Morgan fingerprint density at radius 3 is 1.73 bits per heavy atom. The number of aldehydes is 1. The highest BCUT2D eigenvalue weighted by atomic mass is 31.2. The number of nitrogens with zero attached hydrogens (tertiary/aromatic N) is 2. The zero-order valence-corrected chi connectivity index (χ0v) is 34.8. The van der Waals surface area contributed by atoms with Gasteiger partial charge in [0.2, 0.25) is 11.5 Å². The van der Waals surface area contributed by atoms with Gasteiger partial charge in [-0.05, 0) is 87.7 Å². The summed E-state index contributed by atoms with van der Waals surface area (Å²) in [5.74, 6) is -3.45. The summed E-state index contributed by atoms with van der Waals surface area (Å²) in [4.78, 5) is 74.6. The first-order chi connectivity index (χ1) is 26.6. The number of benzene rings is 3. The molecule has 0 saturated carbocycles. The molecule has 0 fully saturated rings. The summed E-state index contributed by atoms with van der Waals surface area (Å²) in [5.41, 5.74) is 0.855. The average Bonchev–Trinajstić information content (AvgIpc) is 3.48. The van der Waals surface area contributed by atoms with E-state index in [1.807, 2.05) is 39.9 Å². The Balaban J connectivity index is 0.00000169. The first-order valence-electron chi connectivity index (χ1n) is 17.1. The van der Waals surface area contributed by atoms with E-state index in [2.05, 4.69) is 6.30 Å². The van der Waals surface area contributed by atoms with E-state index in [9.17, 15) is 29.0 Å². The monoisotopic (exact) mass is 816 g/mol. The molecule has 304 valence electrons. The van der Waals surface area contributed by atoms with Gasteiger partial charge in [0.25, 0.3) is 0 Å². The summed E-state index contributed by atoms with van der Waals surface area (Å²) < 4.78 is 38.4. The summed E-state index contributed by atoms with van der Waals surface area (Å²) >= 11 is 0. The molecule has 1 heterocycles. The fraction of sp³-hybridized carbons (Fsp3) is 0.308. The Kier molecular flexibility index (Phi) is 19.8. The summed E-state index contributed by atoms with van der Waals surface area (Å²) in [6.07, 6.45) is 3.93. The fourth-order valence-corrected chi connectivity index (χ4v) is 5.20. The first-order valence-corrected chi connectivity index (χ1v) is 20.6. The third-order valence-corrected chi connectivity index (χ3v) is 8.15. The Bertz CT molecular complexity index is 1920. The molecule has 0 aliphatic rings. The fourth-order valence-electron chi connectivity index (χ4n) is 4.40. The minimum absolute atomic E-state index is 0.00208. The van der Waals surface area contributed by atoms with Crippen molar-refractivity contribution in [2.24, 2.45) is 0 Å². The average molecular weight is 817 g/mol. The highest BCUT2D eigenvalue weighted by Gasteiger charge is 2.35. The van der Waals surface area contributed by atoms with Gasteiger partial charge in [-0.1, -0.05) is 44.4 Å². The second kappa shape index (κ2) is 23.4. The second-order valence-electron chi connectivity index (χ2n) is 11.8. The van der Waals surface area contributed by atoms with Crippen molar-refractivity contribution in [2.45, 2.75) is 34.0 Å². The molecule has 2 unspecified atom stereocenters. The van der Waals surface area contributed by atoms with Crippen LogP contribution in [0.5, 0.6) is 17.2 Å². The number of esters is 3. The number of hydrogen-bond donors (Lipinski definition) is 2. The van der Waals surface area contributed by atoms with Crippen LogP contribution in [0.25, 0.3) is 5.69 Å². The minimum Gasteiger partial charge on any atom is -0.497 e. The van der Waals surface area contributed by atoms with Gasteiger partial charge in [-0.15, -0.1) is 0 Å². The number of methoxy groups -OCH3 is 1. The van der Waals surface area contributed by atoms with Crippen molar-refractivity contribution in [3.05, 3.63) is 106 Å². The first kappa shape index (κ1) is 47.5. The molecule has 0 amide bonds. The zero-order chi connectivity index (χ0) is 42.0. The maximum Gasteiger partial charge on any atom is 0.359 e. The van der Waals surface area contributed by atoms with E-state index >= 15 is 0 Å². The summed E-state index contributed by atoms with van der Waals surface area (Å²) in [6, 6.07) is 18.2. The molecule has 0 spiro atoms. The topological polar surface area (TPSA) is 182 Å². The number of carbonyl (C=O) groups is 4. The Hall–Kier alpha value is -4.69. The van der Waals surface area contributed by atoms with Gasteiger partial charge in [0.05, 0.1) is 38.1 Å². The predicted molar refractivity (Wildman–Crippen MR) is 215 cm³/mol. The quantitative estimate of drug-likeness (QED) is 0.0676. The minimum atomic E-state index is -2.75. The lowest BCUT2D eigenvalue weighted by molar-refractivity contribution is 0.0508. The lowest BCUT2D eigenvalue weighted by Crippen LogP contribution is -2.16. The molecule has 1 aromatic heterocycles. The van der Waals surface area contributed by atoms with Gasteiger partial charge in [0, 0.05) is 19.5 Å². The van der Waals surface area contributed by atoms with Gasteiger partial charge in [0.15, 0.2) is 12.0 Å². The van der Waals surface area contributed by atoms with Crippen LogP contribution in [0, 0.1) is 0 Å². The SMILES string of the molecule is C=P(C)(O)OCc1ccc(C(=O)Oc2c(OC(=O)c3ccc(COP(O)OC)cc3)c(C(=O)OCC)n(-c3ccc(OC)cc3)c2C=O)cc1.CC.CN(C)C. The molecule has 0 aliphatic heterocycles. The highest BCUT2D eigenvalue weighted by molar-refractivity contribution is 7.62. The summed E-state index contributed by atoms with van der Waals surface area (Å²) in [7, 11) is 3.96. The summed E-state index contributed by atoms with van der Waals surface area (Å²) in [5, 5.41) is 0. The number of hydrogen-bond acceptors (Lipinski definition) is 14. The lowest BCUT2D eigenvalue weighted by Gasteiger charge is -2.12. The highest BCUT2D eigenvalue weighted by Crippen LogP contribution is 2.42. The van der Waals surface area contributed by atoms with E-state index in [4.69, 9.17) is 32.5 Å². The number of ether oxygens (including phenoxy) is 4. The van der Waals surface area contributed by atoms with Crippen LogP contribution in [0.1, 0.15) is 73.6 Å². The normalized spacial score (nSPS) is 12.1. The van der Waals surface area contributed by atoms with Gasteiger partial charge in [0.1, 0.15) is 18.8 Å². The van der Waals surface area contributed by atoms with Crippen LogP contribution in [0.4, 0.5) is 0 Å². The third kappa shape index (κ3) is 14.4. The van der Waals surface area contributed by atoms with E-state index < -0.39 is 51.0 Å². The number of rotatable bonds is 16. The van der Waals surface area contributed by atoms with Crippen molar-refractivity contribution in [1.29, 1.82) is 0 Å². The molecule has 17 heteroatoms. The van der Waals surface area contributed by atoms with Crippen LogP contribution in [-0.4, -0.2) is 98.4 Å². The van der Waals surface area contributed by atoms with Crippen LogP contribution in [0.3, 0.4) is 0 Å². The number of carbonyl (C=O) groups excluding carboxylic acids is 4. The molecule has 3 aromatic carbocycles. The molecule has 2 atom stereocenters. The molecule has 2 N–H and O–H groups in total.